The van der Waals surface area contributed by atoms with Crippen LogP contribution in [0.2, 0.25) is 0 Å². The molecule has 0 aliphatic carbocycles. The molecular weight excluding hydrogens is 353 g/mol. The third-order valence-corrected chi connectivity index (χ3v) is 4.70. The lowest BCUT2D eigenvalue weighted by atomic mass is 10.1. The molecule has 0 spiro atoms. The second kappa shape index (κ2) is 6.08. The third-order valence-electron chi connectivity index (χ3n) is 4.70. The number of hydrogen-bond acceptors (Lipinski definition) is 6. The highest BCUT2D eigenvalue weighted by molar-refractivity contribution is 5.96. The molecule has 1 unspecified atom stereocenters. The van der Waals surface area contributed by atoms with Gasteiger partial charge in [-0.2, -0.15) is 4.98 Å². The number of fused-ring (bicyclic) bond motifs is 1. The minimum absolute atomic E-state index is 0.0453. The molecule has 1 atom stereocenters. The molecule has 0 saturated carbocycles. The van der Waals surface area contributed by atoms with Crippen LogP contribution in [0.3, 0.4) is 0 Å². The summed E-state index contributed by atoms with van der Waals surface area (Å²) < 4.78 is 29.8. The zero-order chi connectivity index (χ0) is 18.4. The van der Waals surface area contributed by atoms with Crippen LogP contribution in [0.5, 0.6) is 11.5 Å². The maximum Gasteiger partial charge on any atom is 0.260 e. The van der Waals surface area contributed by atoms with E-state index in [0.29, 0.717) is 23.9 Å². The summed E-state index contributed by atoms with van der Waals surface area (Å²) in [5.74, 6) is 1.07. The molecule has 7 nitrogen and oxygen atoms in total. The van der Waals surface area contributed by atoms with E-state index in [1.54, 1.807) is 35.2 Å². The number of benzene rings is 2. The summed E-state index contributed by atoms with van der Waals surface area (Å²) >= 11 is 0. The predicted octanol–water partition coefficient (Wildman–Crippen LogP) is 3.12. The van der Waals surface area contributed by atoms with Gasteiger partial charge in [0, 0.05) is 30.6 Å². The highest BCUT2D eigenvalue weighted by Gasteiger charge is 2.35. The van der Waals surface area contributed by atoms with Gasteiger partial charge >= 0.3 is 0 Å². The molecule has 0 N–H and O–H groups in total. The molecule has 1 amide bonds. The first kappa shape index (κ1) is 15.8. The fraction of sp³-hybridized carbons (Fsp3) is 0.211. The predicted molar refractivity (Wildman–Crippen MR) is 92.0 cm³/mol. The van der Waals surface area contributed by atoms with Crippen molar-refractivity contribution < 1.29 is 23.2 Å². The van der Waals surface area contributed by atoms with E-state index < -0.39 is 5.82 Å². The fourth-order valence-corrected chi connectivity index (χ4v) is 3.33. The van der Waals surface area contributed by atoms with Gasteiger partial charge in [-0.25, -0.2) is 4.39 Å². The van der Waals surface area contributed by atoms with Gasteiger partial charge in [0.1, 0.15) is 5.82 Å². The van der Waals surface area contributed by atoms with Crippen LogP contribution in [-0.4, -0.2) is 29.4 Å². The summed E-state index contributed by atoms with van der Waals surface area (Å²) in [6.07, 6.45) is 0.255. The average Bonchev–Trinajstić information content (AvgIpc) is 3.40. The van der Waals surface area contributed by atoms with Gasteiger partial charge in [-0.3, -0.25) is 4.79 Å². The van der Waals surface area contributed by atoms with Crippen molar-refractivity contribution in [2.24, 2.45) is 0 Å². The van der Waals surface area contributed by atoms with Gasteiger partial charge < -0.3 is 18.9 Å². The number of nitrogens with zero attached hydrogens (tertiary/aromatic N) is 3. The second-order valence-electron chi connectivity index (χ2n) is 6.38. The molecular formula is C19H14FN3O4. The Morgan fingerprint density at radius 1 is 1.11 bits per heavy atom. The van der Waals surface area contributed by atoms with Crippen LogP contribution in [0.4, 0.5) is 10.1 Å². The van der Waals surface area contributed by atoms with Gasteiger partial charge in [0.2, 0.25) is 12.7 Å². The first-order valence-corrected chi connectivity index (χ1v) is 8.47. The van der Waals surface area contributed by atoms with Crippen molar-refractivity contribution in [3.8, 4) is 23.0 Å². The molecule has 2 aliphatic rings. The Kier molecular flexibility index (Phi) is 3.56. The molecule has 136 valence electrons. The summed E-state index contributed by atoms with van der Waals surface area (Å²) in [5.41, 5.74) is 0.970. The van der Waals surface area contributed by atoms with E-state index in [9.17, 15) is 9.18 Å². The molecule has 2 aliphatic heterocycles. The molecule has 3 heterocycles. The number of carbonyl (C=O) groups is 1. The van der Waals surface area contributed by atoms with Crippen molar-refractivity contribution in [3.05, 3.63) is 54.1 Å². The number of hydrogen-bond donors (Lipinski definition) is 0. The van der Waals surface area contributed by atoms with Crippen LogP contribution in [0.15, 0.2) is 47.0 Å². The van der Waals surface area contributed by atoms with Crippen molar-refractivity contribution in [2.75, 3.05) is 18.2 Å². The maximum absolute atomic E-state index is 13.9. The van der Waals surface area contributed by atoms with Gasteiger partial charge in [-0.15, -0.1) is 0 Å². The Hall–Kier alpha value is -3.42. The zero-order valence-electron chi connectivity index (χ0n) is 14.1. The third kappa shape index (κ3) is 2.69. The quantitative estimate of drug-likeness (QED) is 0.708. The molecule has 1 saturated heterocycles. The summed E-state index contributed by atoms with van der Waals surface area (Å²) in [6, 6.07) is 11.6. The van der Waals surface area contributed by atoms with Gasteiger partial charge in [0.25, 0.3) is 5.89 Å². The van der Waals surface area contributed by atoms with Crippen molar-refractivity contribution in [3.63, 3.8) is 0 Å². The van der Waals surface area contributed by atoms with E-state index >= 15 is 0 Å². The van der Waals surface area contributed by atoms with Crippen LogP contribution in [0, 0.1) is 5.82 Å². The number of halogens is 1. The molecule has 3 aromatic rings. The topological polar surface area (TPSA) is 77.7 Å². The molecule has 0 radical (unpaired) electrons. The molecule has 1 aromatic heterocycles. The standard InChI is InChI=1S/C19H14FN3O4/c20-14-4-2-1-3-13(14)19-21-18(22-27-19)11-7-17(24)23(9-11)12-5-6-15-16(8-12)26-10-25-15/h1-6,8,11H,7,9-10H2. The van der Waals surface area contributed by atoms with Crippen molar-refractivity contribution in [1.29, 1.82) is 0 Å². The smallest absolute Gasteiger partial charge is 0.260 e. The first-order valence-electron chi connectivity index (χ1n) is 8.47. The second-order valence-corrected chi connectivity index (χ2v) is 6.38. The Bertz CT molecular complexity index is 1040. The van der Waals surface area contributed by atoms with Crippen LogP contribution < -0.4 is 14.4 Å². The van der Waals surface area contributed by atoms with Crippen LogP contribution in [-0.2, 0) is 4.79 Å². The van der Waals surface area contributed by atoms with E-state index in [1.165, 1.54) is 6.07 Å². The minimum atomic E-state index is -0.433. The van der Waals surface area contributed by atoms with Crippen LogP contribution >= 0.6 is 0 Å². The van der Waals surface area contributed by atoms with E-state index in [2.05, 4.69) is 10.1 Å². The summed E-state index contributed by atoms with van der Waals surface area (Å²) in [4.78, 5) is 18.5. The Morgan fingerprint density at radius 3 is 2.85 bits per heavy atom. The Morgan fingerprint density at radius 2 is 1.96 bits per heavy atom. The van der Waals surface area contributed by atoms with Crippen molar-refractivity contribution in [2.45, 2.75) is 12.3 Å². The van der Waals surface area contributed by atoms with Gasteiger partial charge in [0.05, 0.1) is 5.56 Å². The average molecular weight is 367 g/mol. The number of anilines is 1. The van der Waals surface area contributed by atoms with E-state index in [1.807, 2.05) is 6.07 Å². The van der Waals surface area contributed by atoms with Crippen LogP contribution in [0.1, 0.15) is 18.2 Å². The number of rotatable bonds is 3. The number of amides is 1. The maximum atomic E-state index is 13.9. The zero-order valence-corrected chi connectivity index (χ0v) is 14.1. The molecule has 0 bridgehead atoms. The first-order chi connectivity index (χ1) is 13.2. The molecule has 27 heavy (non-hydrogen) atoms. The lowest BCUT2D eigenvalue weighted by molar-refractivity contribution is -0.117. The molecule has 5 rings (SSSR count). The highest BCUT2D eigenvalue weighted by atomic mass is 19.1. The number of carbonyl (C=O) groups excluding carboxylic acids is 1. The lowest BCUT2D eigenvalue weighted by Crippen LogP contribution is -2.24. The van der Waals surface area contributed by atoms with Gasteiger partial charge in [0.15, 0.2) is 17.3 Å². The van der Waals surface area contributed by atoms with E-state index in [4.69, 9.17) is 14.0 Å². The summed E-state index contributed by atoms with van der Waals surface area (Å²) in [7, 11) is 0. The van der Waals surface area contributed by atoms with Gasteiger partial charge in [-0.1, -0.05) is 17.3 Å². The lowest BCUT2D eigenvalue weighted by Gasteiger charge is -2.16. The van der Waals surface area contributed by atoms with Gasteiger partial charge in [-0.05, 0) is 24.3 Å². The SMILES string of the molecule is O=C1CC(c2noc(-c3ccccc3F)n2)CN1c1ccc2c(c1)OCO2. The monoisotopic (exact) mass is 367 g/mol. The normalized spacial score (nSPS) is 18.3. The Labute approximate surface area is 153 Å². The number of ether oxygens (including phenoxy) is 2. The van der Waals surface area contributed by atoms with Crippen molar-refractivity contribution >= 4 is 11.6 Å². The van der Waals surface area contributed by atoms with Crippen LogP contribution in [0.25, 0.3) is 11.5 Å². The minimum Gasteiger partial charge on any atom is -0.454 e. The van der Waals surface area contributed by atoms with E-state index in [0.717, 1.165) is 5.69 Å². The molecule has 8 heteroatoms. The highest BCUT2D eigenvalue weighted by Crippen LogP contribution is 2.38. The molecule has 2 aromatic carbocycles. The largest absolute Gasteiger partial charge is 0.454 e. The Balaban J connectivity index is 1.39. The van der Waals surface area contributed by atoms with E-state index in [-0.39, 0.29) is 36.5 Å². The summed E-state index contributed by atoms with van der Waals surface area (Å²) in [6.45, 7) is 0.589. The fourth-order valence-electron chi connectivity index (χ4n) is 3.33. The van der Waals surface area contributed by atoms with Crippen molar-refractivity contribution in [1.82, 2.24) is 10.1 Å². The number of aromatic nitrogens is 2. The molecule has 1 fully saturated rings. The summed E-state index contributed by atoms with van der Waals surface area (Å²) in [5, 5.41) is 3.96.